The molecular formula is C12H20N2O3S. The van der Waals surface area contributed by atoms with Crippen LogP contribution in [0.4, 0.5) is 5.69 Å². The third-order valence-corrected chi connectivity index (χ3v) is 3.65. The number of ether oxygens (including phenoxy) is 1. The summed E-state index contributed by atoms with van der Waals surface area (Å²) in [5, 5.41) is 0. The minimum Gasteiger partial charge on any atom is -0.492 e. The first-order valence-electron chi connectivity index (χ1n) is 6.01. The Balaban J connectivity index is 2.57. The molecule has 1 aromatic rings. The molecule has 0 heterocycles. The van der Waals surface area contributed by atoms with Gasteiger partial charge in [0.05, 0.1) is 5.75 Å². The molecule has 0 saturated heterocycles. The second kappa shape index (κ2) is 7.23. The molecule has 0 radical (unpaired) electrons. The Morgan fingerprint density at radius 2 is 1.94 bits per heavy atom. The second-order valence-electron chi connectivity index (χ2n) is 3.94. The van der Waals surface area contributed by atoms with Crippen LogP contribution in [-0.2, 0) is 10.0 Å². The van der Waals surface area contributed by atoms with Crippen molar-refractivity contribution in [1.29, 1.82) is 0 Å². The van der Waals surface area contributed by atoms with E-state index in [1.54, 1.807) is 24.3 Å². The number of rotatable bonds is 8. The molecule has 6 heteroatoms. The number of benzene rings is 1. The Bertz CT molecular complexity index is 443. The van der Waals surface area contributed by atoms with Crippen LogP contribution in [0.5, 0.6) is 5.75 Å². The fraction of sp³-hybridized carbons (Fsp3) is 0.500. The summed E-state index contributed by atoms with van der Waals surface area (Å²) in [7, 11) is -3.24. The van der Waals surface area contributed by atoms with Gasteiger partial charge in [0.2, 0.25) is 10.0 Å². The van der Waals surface area contributed by atoms with Crippen molar-refractivity contribution < 1.29 is 13.2 Å². The van der Waals surface area contributed by atoms with Crippen LogP contribution in [0, 0.1) is 0 Å². The maximum Gasteiger partial charge on any atom is 0.232 e. The fourth-order valence-corrected chi connectivity index (χ4v) is 2.63. The summed E-state index contributed by atoms with van der Waals surface area (Å²) in [6, 6.07) is 6.78. The molecule has 0 fully saturated rings. The molecule has 0 aliphatic rings. The highest BCUT2D eigenvalue weighted by Gasteiger charge is 2.09. The summed E-state index contributed by atoms with van der Waals surface area (Å²) in [5.41, 5.74) is 5.87. The molecule has 1 rings (SSSR count). The zero-order valence-electron chi connectivity index (χ0n) is 10.6. The van der Waals surface area contributed by atoms with Crippen LogP contribution in [0.1, 0.15) is 19.8 Å². The summed E-state index contributed by atoms with van der Waals surface area (Å²) < 4.78 is 31.1. The van der Waals surface area contributed by atoms with E-state index in [1.165, 1.54) is 0 Å². The largest absolute Gasteiger partial charge is 0.492 e. The molecule has 3 N–H and O–H groups in total. The third kappa shape index (κ3) is 5.37. The monoisotopic (exact) mass is 272 g/mol. The maximum atomic E-state index is 11.7. The number of unbranched alkanes of at least 4 members (excludes halogenated alkanes) is 1. The van der Waals surface area contributed by atoms with Crippen LogP contribution in [0.3, 0.4) is 0 Å². The van der Waals surface area contributed by atoms with Gasteiger partial charge >= 0.3 is 0 Å². The summed E-state index contributed by atoms with van der Waals surface area (Å²) in [4.78, 5) is 0. The zero-order chi connectivity index (χ0) is 13.4. The Hall–Kier alpha value is -1.27. The van der Waals surface area contributed by atoms with E-state index in [2.05, 4.69) is 4.72 Å². The van der Waals surface area contributed by atoms with E-state index in [4.69, 9.17) is 10.5 Å². The quantitative estimate of drug-likeness (QED) is 0.752. The van der Waals surface area contributed by atoms with Crippen molar-refractivity contribution >= 4 is 15.7 Å². The standard InChI is InChI=1S/C12H20N2O3S/c1-2-3-10-18(15,16)14-11-4-6-12(7-5-11)17-9-8-13/h4-7,14H,2-3,8-10,13H2,1H3. The summed E-state index contributed by atoms with van der Waals surface area (Å²) in [6.07, 6.45) is 1.51. The van der Waals surface area contributed by atoms with Crippen molar-refractivity contribution in [2.24, 2.45) is 5.73 Å². The molecule has 0 aromatic heterocycles. The first-order chi connectivity index (χ1) is 8.57. The number of nitrogens with one attached hydrogen (secondary N) is 1. The lowest BCUT2D eigenvalue weighted by Gasteiger charge is -2.09. The highest BCUT2D eigenvalue weighted by molar-refractivity contribution is 7.92. The Morgan fingerprint density at radius 1 is 1.28 bits per heavy atom. The van der Waals surface area contributed by atoms with Crippen molar-refractivity contribution in [3.63, 3.8) is 0 Å². The van der Waals surface area contributed by atoms with Gasteiger partial charge in [0.25, 0.3) is 0 Å². The van der Waals surface area contributed by atoms with Crippen LogP contribution >= 0.6 is 0 Å². The molecule has 18 heavy (non-hydrogen) atoms. The molecule has 0 bridgehead atoms. The molecule has 0 unspecified atom stereocenters. The molecule has 5 nitrogen and oxygen atoms in total. The lowest BCUT2D eigenvalue weighted by molar-refractivity contribution is 0.328. The van der Waals surface area contributed by atoms with Gasteiger partial charge in [-0.25, -0.2) is 8.42 Å². The number of hydrogen-bond acceptors (Lipinski definition) is 4. The number of sulfonamides is 1. The Morgan fingerprint density at radius 3 is 2.50 bits per heavy atom. The highest BCUT2D eigenvalue weighted by atomic mass is 32.2. The van der Waals surface area contributed by atoms with E-state index in [0.717, 1.165) is 6.42 Å². The summed E-state index contributed by atoms with van der Waals surface area (Å²) in [6.45, 7) is 2.85. The molecule has 0 spiro atoms. The van der Waals surface area contributed by atoms with Crippen LogP contribution in [0.2, 0.25) is 0 Å². The van der Waals surface area contributed by atoms with Gasteiger partial charge in [-0.05, 0) is 30.7 Å². The highest BCUT2D eigenvalue weighted by Crippen LogP contribution is 2.16. The number of nitrogens with two attached hydrogens (primary N) is 1. The molecule has 0 aliphatic heterocycles. The van der Waals surface area contributed by atoms with Crippen molar-refractivity contribution in [3.8, 4) is 5.75 Å². The van der Waals surface area contributed by atoms with Crippen molar-refractivity contribution in [2.75, 3.05) is 23.6 Å². The van der Waals surface area contributed by atoms with E-state index >= 15 is 0 Å². The number of hydrogen-bond donors (Lipinski definition) is 2. The summed E-state index contributed by atoms with van der Waals surface area (Å²) in [5.74, 6) is 0.825. The van der Waals surface area contributed by atoms with Gasteiger partial charge in [0.15, 0.2) is 0 Å². The topological polar surface area (TPSA) is 81.4 Å². The van der Waals surface area contributed by atoms with Gasteiger partial charge in [-0.15, -0.1) is 0 Å². The maximum absolute atomic E-state index is 11.7. The summed E-state index contributed by atoms with van der Waals surface area (Å²) >= 11 is 0. The molecule has 0 atom stereocenters. The minimum absolute atomic E-state index is 0.148. The predicted octanol–water partition coefficient (Wildman–Crippen LogP) is 1.57. The zero-order valence-corrected chi connectivity index (χ0v) is 11.4. The third-order valence-electron chi connectivity index (χ3n) is 2.28. The SMILES string of the molecule is CCCCS(=O)(=O)Nc1ccc(OCCN)cc1. The molecule has 0 amide bonds. The Labute approximate surface area is 108 Å². The molecule has 1 aromatic carbocycles. The first-order valence-corrected chi connectivity index (χ1v) is 7.66. The van der Waals surface area contributed by atoms with Gasteiger partial charge in [-0.3, -0.25) is 4.72 Å². The van der Waals surface area contributed by atoms with Crippen LogP contribution in [0.15, 0.2) is 24.3 Å². The van der Waals surface area contributed by atoms with E-state index in [1.807, 2.05) is 6.92 Å². The van der Waals surface area contributed by atoms with Crippen molar-refractivity contribution in [3.05, 3.63) is 24.3 Å². The van der Waals surface area contributed by atoms with Crippen molar-refractivity contribution in [1.82, 2.24) is 0 Å². The smallest absolute Gasteiger partial charge is 0.232 e. The van der Waals surface area contributed by atoms with Gasteiger partial charge in [0.1, 0.15) is 12.4 Å². The number of anilines is 1. The van der Waals surface area contributed by atoms with Gasteiger partial charge < -0.3 is 10.5 Å². The fourth-order valence-electron chi connectivity index (χ4n) is 1.36. The van der Waals surface area contributed by atoms with Gasteiger partial charge in [-0.2, -0.15) is 0 Å². The van der Waals surface area contributed by atoms with Crippen molar-refractivity contribution in [2.45, 2.75) is 19.8 Å². The molecule has 0 aliphatic carbocycles. The van der Waals surface area contributed by atoms with Crippen LogP contribution < -0.4 is 15.2 Å². The van der Waals surface area contributed by atoms with Gasteiger partial charge in [0, 0.05) is 12.2 Å². The normalized spacial score (nSPS) is 11.2. The average Bonchev–Trinajstić information content (AvgIpc) is 2.35. The predicted molar refractivity (Wildman–Crippen MR) is 73.3 cm³/mol. The van der Waals surface area contributed by atoms with E-state index in [9.17, 15) is 8.42 Å². The lowest BCUT2D eigenvalue weighted by atomic mass is 10.3. The lowest BCUT2D eigenvalue weighted by Crippen LogP contribution is -2.16. The molecular weight excluding hydrogens is 252 g/mol. The van der Waals surface area contributed by atoms with Crippen LogP contribution in [-0.4, -0.2) is 27.3 Å². The molecule has 102 valence electrons. The Kier molecular flexibility index (Phi) is 5.94. The molecule has 0 saturated carbocycles. The van der Waals surface area contributed by atoms with E-state index in [0.29, 0.717) is 31.0 Å². The van der Waals surface area contributed by atoms with E-state index < -0.39 is 10.0 Å². The van der Waals surface area contributed by atoms with Gasteiger partial charge in [-0.1, -0.05) is 13.3 Å². The van der Waals surface area contributed by atoms with Crippen LogP contribution in [0.25, 0.3) is 0 Å². The van der Waals surface area contributed by atoms with E-state index in [-0.39, 0.29) is 5.75 Å². The first kappa shape index (κ1) is 14.8. The average molecular weight is 272 g/mol. The minimum atomic E-state index is -3.24. The second-order valence-corrected chi connectivity index (χ2v) is 5.78.